The summed E-state index contributed by atoms with van der Waals surface area (Å²) in [5.41, 5.74) is 7.43. The minimum Gasteiger partial charge on any atom is -0.330 e. The topological polar surface area (TPSA) is 68.0 Å². The van der Waals surface area contributed by atoms with Gasteiger partial charge in [-0.05, 0) is 59.3 Å². The Kier molecular flexibility index (Phi) is 6.45. The highest BCUT2D eigenvalue weighted by atomic mass is 79.9. The van der Waals surface area contributed by atoms with E-state index in [1.54, 1.807) is 6.20 Å². The van der Waals surface area contributed by atoms with Crippen LogP contribution in [0.2, 0.25) is 0 Å². The zero-order chi connectivity index (χ0) is 14.4. The second-order valence-corrected chi connectivity index (χ2v) is 6.07. The normalized spacial score (nSPS) is 12.5. The maximum Gasteiger partial charge on any atom is 0.224 e. The van der Waals surface area contributed by atoms with E-state index in [-0.39, 0.29) is 11.8 Å². The van der Waals surface area contributed by atoms with E-state index in [4.69, 9.17) is 5.73 Å². The Balaban J connectivity index is 2.56. The fraction of sp³-hybridized carbons (Fsp3) is 0.571. The van der Waals surface area contributed by atoms with Gasteiger partial charge in [0.15, 0.2) is 0 Å². The first-order valence-electron chi connectivity index (χ1n) is 6.54. The fourth-order valence-corrected chi connectivity index (χ4v) is 2.25. The van der Waals surface area contributed by atoms with E-state index in [1.165, 1.54) is 0 Å². The molecule has 1 aromatic heterocycles. The number of halogens is 1. The summed E-state index contributed by atoms with van der Waals surface area (Å²) < 4.78 is 0.796. The Morgan fingerprint density at radius 1 is 1.53 bits per heavy atom. The van der Waals surface area contributed by atoms with Gasteiger partial charge in [-0.25, -0.2) is 4.98 Å². The number of pyridine rings is 1. The van der Waals surface area contributed by atoms with Crippen LogP contribution in [0, 0.1) is 18.8 Å². The number of hydrogen-bond acceptors (Lipinski definition) is 3. The second kappa shape index (κ2) is 7.60. The largest absolute Gasteiger partial charge is 0.330 e. The summed E-state index contributed by atoms with van der Waals surface area (Å²) in [4.78, 5) is 16.1. The molecule has 0 aromatic carbocycles. The molecule has 1 heterocycles. The molecule has 106 valence electrons. The number of carbonyl (C=O) groups excluding carboxylic acids is 1. The molecule has 1 rings (SSSR count). The average molecular weight is 328 g/mol. The Bertz CT molecular complexity index is 435. The minimum absolute atomic E-state index is 0.000350. The van der Waals surface area contributed by atoms with Crippen LogP contribution in [0.4, 0.5) is 5.69 Å². The van der Waals surface area contributed by atoms with Crippen molar-refractivity contribution in [3.05, 3.63) is 22.4 Å². The summed E-state index contributed by atoms with van der Waals surface area (Å²) in [6, 6.07) is 1.90. The molecule has 0 saturated heterocycles. The summed E-state index contributed by atoms with van der Waals surface area (Å²) in [6.07, 6.45) is 3.08. The van der Waals surface area contributed by atoms with E-state index in [0.717, 1.165) is 22.3 Å². The lowest BCUT2D eigenvalue weighted by molar-refractivity contribution is -0.117. The molecular weight excluding hydrogens is 306 g/mol. The van der Waals surface area contributed by atoms with Crippen LogP contribution in [-0.2, 0) is 4.79 Å². The number of rotatable bonds is 6. The molecule has 5 heteroatoms. The number of nitrogens with one attached hydrogen (secondary N) is 1. The molecule has 0 bridgehead atoms. The van der Waals surface area contributed by atoms with Crippen LogP contribution in [0.1, 0.15) is 32.3 Å². The van der Waals surface area contributed by atoms with Crippen LogP contribution in [0.25, 0.3) is 0 Å². The molecular formula is C14H22BrN3O. The van der Waals surface area contributed by atoms with Gasteiger partial charge in [0.25, 0.3) is 0 Å². The van der Waals surface area contributed by atoms with E-state index in [2.05, 4.69) is 40.1 Å². The van der Waals surface area contributed by atoms with Gasteiger partial charge in [-0.15, -0.1) is 0 Å². The van der Waals surface area contributed by atoms with E-state index in [0.29, 0.717) is 18.9 Å². The molecule has 0 saturated carbocycles. The minimum atomic E-state index is -0.000350. The van der Waals surface area contributed by atoms with Crippen LogP contribution in [0.3, 0.4) is 0 Å². The van der Waals surface area contributed by atoms with Crippen LogP contribution in [-0.4, -0.2) is 17.4 Å². The highest BCUT2D eigenvalue weighted by Crippen LogP contribution is 2.18. The molecule has 0 radical (unpaired) electrons. The van der Waals surface area contributed by atoms with Crippen LogP contribution in [0.5, 0.6) is 0 Å². The van der Waals surface area contributed by atoms with Crippen molar-refractivity contribution < 1.29 is 4.79 Å². The molecule has 1 aromatic rings. The SMILES string of the molecule is Cc1cc(NC(=O)C[C@@H](CN)CC(C)C)cnc1Br. The molecule has 0 aliphatic heterocycles. The zero-order valence-corrected chi connectivity index (χ0v) is 13.3. The lowest BCUT2D eigenvalue weighted by Crippen LogP contribution is -2.23. The lowest BCUT2D eigenvalue weighted by atomic mass is 9.94. The van der Waals surface area contributed by atoms with Crippen molar-refractivity contribution in [1.29, 1.82) is 0 Å². The van der Waals surface area contributed by atoms with E-state index in [9.17, 15) is 4.79 Å². The summed E-state index contributed by atoms with van der Waals surface area (Å²) in [6.45, 7) is 6.77. The molecule has 0 fully saturated rings. The Morgan fingerprint density at radius 3 is 2.74 bits per heavy atom. The average Bonchev–Trinajstić information content (AvgIpc) is 2.32. The summed E-state index contributed by atoms with van der Waals surface area (Å²) >= 11 is 3.33. The van der Waals surface area contributed by atoms with Crippen LogP contribution >= 0.6 is 15.9 Å². The molecule has 4 nitrogen and oxygen atoms in total. The number of hydrogen-bond donors (Lipinski definition) is 2. The highest BCUT2D eigenvalue weighted by Gasteiger charge is 2.14. The van der Waals surface area contributed by atoms with Gasteiger partial charge in [0.05, 0.1) is 11.9 Å². The van der Waals surface area contributed by atoms with Gasteiger partial charge in [0, 0.05) is 6.42 Å². The number of amides is 1. The Morgan fingerprint density at radius 2 is 2.21 bits per heavy atom. The van der Waals surface area contributed by atoms with Gasteiger partial charge >= 0.3 is 0 Å². The first kappa shape index (κ1) is 16.1. The van der Waals surface area contributed by atoms with Crippen molar-refractivity contribution in [3.63, 3.8) is 0 Å². The van der Waals surface area contributed by atoms with Gasteiger partial charge in [0.1, 0.15) is 4.60 Å². The first-order valence-corrected chi connectivity index (χ1v) is 7.33. The maximum atomic E-state index is 12.0. The van der Waals surface area contributed by atoms with Crippen molar-refractivity contribution in [3.8, 4) is 0 Å². The van der Waals surface area contributed by atoms with Crippen LogP contribution in [0.15, 0.2) is 16.9 Å². The monoisotopic (exact) mass is 327 g/mol. The predicted octanol–water partition coefficient (Wildman–Crippen LogP) is 3.10. The van der Waals surface area contributed by atoms with Crippen molar-refractivity contribution in [2.45, 2.75) is 33.6 Å². The number of aromatic nitrogens is 1. The molecule has 1 atom stereocenters. The third-order valence-corrected chi connectivity index (χ3v) is 3.74. The number of nitrogens with zero attached hydrogens (tertiary/aromatic N) is 1. The van der Waals surface area contributed by atoms with Gasteiger partial charge in [-0.1, -0.05) is 13.8 Å². The van der Waals surface area contributed by atoms with Crippen molar-refractivity contribution in [2.24, 2.45) is 17.6 Å². The summed E-state index contributed by atoms with van der Waals surface area (Å²) in [5.74, 6) is 0.794. The molecule has 0 spiro atoms. The molecule has 0 aliphatic carbocycles. The summed E-state index contributed by atoms with van der Waals surface area (Å²) in [7, 11) is 0. The fourth-order valence-electron chi connectivity index (χ4n) is 2.03. The molecule has 0 unspecified atom stereocenters. The third kappa shape index (κ3) is 5.70. The molecule has 3 N–H and O–H groups in total. The second-order valence-electron chi connectivity index (χ2n) is 5.32. The number of carbonyl (C=O) groups is 1. The Hall–Kier alpha value is -0.940. The first-order chi connectivity index (χ1) is 8.92. The van der Waals surface area contributed by atoms with Crippen molar-refractivity contribution >= 4 is 27.5 Å². The maximum absolute atomic E-state index is 12.0. The van der Waals surface area contributed by atoms with Crippen molar-refractivity contribution in [2.75, 3.05) is 11.9 Å². The summed E-state index contributed by atoms with van der Waals surface area (Å²) in [5, 5.41) is 2.87. The standard InChI is InChI=1S/C14H22BrN3O/c1-9(2)4-11(7-16)6-13(19)18-12-5-10(3)14(15)17-8-12/h5,8-9,11H,4,6-7,16H2,1-3H3,(H,18,19)/t11-/m0/s1. The number of anilines is 1. The third-order valence-electron chi connectivity index (χ3n) is 2.91. The lowest BCUT2D eigenvalue weighted by Gasteiger charge is -2.16. The molecule has 19 heavy (non-hydrogen) atoms. The van der Waals surface area contributed by atoms with E-state index in [1.807, 2.05) is 13.0 Å². The van der Waals surface area contributed by atoms with Gasteiger partial charge in [-0.3, -0.25) is 4.79 Å². The predicted molar refractivity (Wildman–Crippen MR) is 81.9 cm³/mol. The quantitative estimate of drug-likeness (QED) is 0.789. The molecule has 1 amide bonds. The van der Waals surface area contributed by atoms with Crippen LogP contribution < -0.4 is 11.1 Å². The van der Waals surface area contributed by atoms with E-state index >= 15 is 0 Å². The van der Waals surface area contributed by atoms with Gasteiger partial charge in [-0.2, -0.15) is 0 Å². The number of aryl methyl sites for hydroxylation is 1. The molecule has 0 aliphatic rings. The zero-order valence-electron chi connectivity index (χ0n) is 11.7. The Labute approximate surface area is 123 Å². The van der Waals surface area contributed by atoms with Gasteiger partial charge < -0.3 is 11.1 Å². The van der Waals surface area contributed by atoms with Crippen molar-refractivity contribution in [1.82, 2.24) is 4.98 Å². The van der Waals surface area contributed by atoms with E-state index < -0.39 is 0 Å². The van der Waals surface area contributed by atoms with Gasteiger partial charge in [0.2, 0.25) is 5.91 Å². The highest BCUT2D eigenvalue weighted by molar-refractivity contribution is 9.10. The number of nitrogens with two attached hydrogens (primary N) is 1. The smallest absolute Gasteiger partial charge is 0.224 e.